The lowest BCUT2D eigenvalue weighted by atomic mass is 10.1. The van der Waals surface area contributed by atoms with E-state index >= 15 is 0 Å². The van der Waals surface area contributed by atoms with Crippen molar-refractivity contribution in [3.63, 3.8) is 0 Å². The van der Waals surface area contributed by atoms with Gasteiger partial charge in [0.2, 0.25) is 0 Å². The topological polar surface area (TPSA) is 46.5 Å². The Morgan fingerprint density at radius 2 is 2.10 bits per heavy atom. The van der Waals surface area contributed by atoms with Crippen molar-refractivity contribution in [2.75, 3.05) is 0 Å². The molecule has 110 valence electrons. The minimum Gasteiger partial charge on any atom is -0.299 e. The Balaban J connectivity index is 2.30. The molecule has 0 aliphatic rings. The summed E-state index contributed by atoms with van der Waals surface area (Å²) in [6.07, 6.45) is 6.46. The van der Waals surface area contributed by atoms with Crippen LogP contribution in [0.3, 0.4) is 0 Å². The van der Waals surface area contributed by atoms with E-state index in [1.807, 2.05) is 6.20 Å². The van der Waals surface area contributed by atoms with Crippen molar-refractivity contribution in [2.24, 2.45) is 0 Å². The maximum atomic E-state index is 5.32. The van der Waals surface area contributed by atoms with Gasteiger partial charge >= 0.3 is 0 Å². The van der Waals surface area contributed by atoms with Gasteiger partial charge in [-0.3, -0.25) is 9.67 Å². The van der Waals surface area contributed by atoms with Gasteiger partial charge in [0.1, 0.15) is 0 Å². The fraction of sp³-hybridized carbons (Fsp3) is 0.643. The molecule has 2 aromatic rings. The predicted molar refractivity (Wildman–Crippen MR) is 86.8 cm³/mol. The fourth-order valence-corrected chi connectivity index (χ4v) is 3.65. The van der Waals surface area contributed by atoms with Crippen LogP contribution in [0.1, 0.15) is 57.4 Å². The Morgan fingerprint density at radius 3 is 2.75 bits per heavy atom. The van der Waals surface area contributed by atoms with Crippen LogP contribution in [0.5, 0.6) is 0 Å². The van der Waals surface area contributed by atoms with Crippen LogP contribution in [-0.2, 0) is 6.54 Å². The van der Waals surface area contributed by atoms with E-state index in [1.54, 1.807) is 11.3 Å². The average molecular weight is 310 g/mol. The van der Waals surface area contributed by atoms with Crippen molar-refractivity contribution < 1.29 is 0 Å². The van der Waals surface area contributed by atoms with Gasteiger partial charge in [-0.05, 0) is 31.5 Å². The van der Waals surface area contributed by atoms with Gasteiger partial charge in [0.15, 0.2) is 10.6 Å². The highest BCUT2D eigenvalue weighted by molar-refractivity contribution is 7.71. The number of unbranched alkanes of at least 4 members (excludes halogenated alkanes) is 1. The third kappa shape index (κ3) is 3.17. The summed E-state index contributed by atoms with van der Waals surface area (Å²) in [7, 11) is 0. The number of nitrogens with one attached hydrogen (secondary N) is 1. The molecule has 0 spiro atoms. The van der Waals surface area contributed by atoms with E-state index < -0.39 is 0 Å². The molecule has 0 saturated carbocycles. The lowest BCUT2D eigenvalue weighted by molar-refractivity contribution is 0.629. The maximum absolute atomic E-state index is 5.32. The summed E-state index contributed by atoms with van der Waals surface area (Å²) in [6.45, 7) is 7.53. The second kappa shape index (κ2) is 7.13. The van der Waals surface area contributed by atoms with E-state index in [9.17, 15) is 0 Å². The van der Waals surface area contributed by atoms with Crippen LogP contribution in [0.2, 0.25) is 0 Å². The molecule has 0 bridgehead atoms. The number of hydrogen-bond donors (Lipinski definition) is 1. The van der Waals surface area contributed by atoms with Gasteiger partial charge in [-0.1, -0.05) is 27.2 Å². The molecule has 6 heteroatoms. The van der Waals surface area contributed by atoms with Gasteiger partial charge in [0.25, 0.3) is 0 Å². The largest absolute Gasteiger partial charge is 0.299 e. The van der Waals surface area contributed by atoms with E-state index in [2.05, 4.69) is 40.5 Å². The van der Waals surface area contributed by atoms with Gasteiger partial charge < -0.3 is 0 Å². The number of thiazole rings is 1. The van der Waals surface area contributed by atoms with E-state index in [0.717, 1.165) is 42.9 Å². The van der Waals surface area contributed by atoms with Crippen LogP contribution in [0.25, 0.3) is 10.7 Å². The summed E-state index contributed by atoms with van der Waals surface area (Å²) in [4.78, 5) is 5.69. The Labute approximate surface area is 129 Å². The predicted octanol–water partition coefficient (Wildman–Crippen LogP) is 4.77. The number of rotatable bonds is 7. The molecule has 0 aromatic carbocycles. The Kier molecular flexibility index (Phi) is 5.48. The molecule has 2 aromatic heterocycles. The molecule has 20 heavy (non-hydrogen) atoms. The van der Waals surface area contributed by atoms with Crippen LogP contribution >= 0.6 is 23.6 Å². The second-order valence-corrected chi connectivity index (χ2v) is 6.38. The van der Waals surface area contributed by atoms with Gasteiger partial charge in [0.05, 0.1) is 9.88 Å². The molecule has 1 N–H and O–H groups in total. The highest BCUT2D eigenvalue weighted by Crippen LogP contribution is 2.32. The number of aromatic amines is 1. The molecule has 0 saturated heterocycles. The Morgan fingerprint density at radius 1 is 1.35 bits per heavy atom. The molecule has 0 radical (unpaired) electrons. The molecule has 0 amide bonds. The zero-order valence-corrected chi connectivity index (χ0v) is 14.0. The van der Waals surface area contributed by atoms with E-state index in [0.29, 0.717) is 10.7 Å². The fourth-order valence-electron chi connectivity index (χ4n) is 2.25. The normalized spacial score (nSPS) is 11.4. The van der Waals surface area contributed by atoms with Crippen molar-refractivity contribution >= 4 is 23.6 Å². The third-order valence-electron chi connectivity index (χ3n) is 3.57. The first-order valence-corrected chi connectivity index (χ1v) is 8.54. The van der Waals surface area contributed by atoms with Gasteiger partial charge in [0, 0.05) is 18.7 Å². The number of nitrogens with zero attached hydrogens (tertiary/aromatic N) is 3. The van der Waals surface area contributed by atoms with Crippen LogP contribution in [-0.4, -0.2) is 19.7 Å². The zero-order chi connectivity index (χ0) is 14.5. The maximum Gasteiger partial charge on any atom is 0.195 e. The highest BCUT2D eigenvalue weighted by Gasteiger charge is 2.16. The van der Waals surface area contributed by atoms with Gasteiger partial charge in [-0.25, -0.2) is 4.98 Å². The molecule has 0 fully saturated rings. The van der Waals surface area contributed by atoms with Crippen LogP contribution in [0, 0.1) is 4.77 Å². The summed E-state index contributed by atoms with van der Waals surface area (Å²) in [5, 5.41) is 8.49. The second-order valence-electron chi connectivity index (χ2n) is 4.93. The lowest BCUT2D eigenvalue weighted by Crippen LogP contribution is -1.99. The molecule has 4 nitrogen and oxygen atoms in total. The summed E-state index contributed by atoms with van der Waals surface area (Å²) in [5.41, 5.74) is 0. The van der Waals surface area contributed by atoms with E-state index in [-0.39, 0.29) is 0 Å². The molecule has 0 atom stereocenters. The van der Waals surface area contributed by atoms with E-state index in [4.69, 9.17) is 12.2 Å². The summed E-state index contributed by atoms with van der Waals surface area (Å²) >= 11 is 7.06. The van der Waals surface area contributed by atoms with Crippen molar-refractivity contribution in [3.05, 3.63) is 16.0 Å². The highest BCUT2D eigenvalue weighted by atomic mass is 32.1. The molecule has 2 rings (SSSR count). The molecule has 0 aliphatic heterocycles. The van der Waals surface area contributed by atoms with Crippen molar-refractivity contribution in [2.45, 2.75) is 58.9 Å². The smallest absolute Gasteiger partial charge is 0.195 e. The minimum absolute atomic E-state index is 0.555. The first-order chi connectivity index (χ1) is 9.71. The minimum atomic E-state index is 0.555. The van der Waals surface area contributed by atoms with Crippen LogP contribution < -0.4 is 0 Å². The summed E-state index contributed by atoms with van der Waals surface area (Å²) < 4.78 is 2.79. The molecular weight excluding hydrogens is 288 g/mol. The third-order valence-corrected chi connectivity index (χ3v) is 5.04. The Bertz CT molecular complexity index is 592. The number of hydrogen-bond acceptors (Lipinski definition) is 4. The zero-order valence-electron chi connectivity index (χ0n) is 12.3. The Hall–Kier alpha value is -1.01. The van der Waals surface area contributed by atoms with Crippen molar-refractivity contribution in [1.29, 1.82) is 0 Å². The molecule has 0 unspecified atom stereocenters. The van der Waals surface area contributed by atoms with Crippen molar-refractivity contribution in [3.8, 4) is 10.7 Å². The first-order valence-electron chi connectivity index (χ1n) is 7.32. The van der Waals surface area contributed by atoms with Crippen molar-refractivity contribution in [1.82, 2.24) is 19.7 Å². The quantitative estimate of drug-likeness (QED) is 0.749. The summed E-state index contributed by atoms with van der Waals surface area (Å²) in [5.74, 6) is 1.48. The number of H-pyrrole nitrogens is 1. The standard InChI is InChI=1S/C14H22N4S2/c1-4-7-8-18-12(16-17-14(18)19)11-9-15-13(20-11)10(5-2)6-3/h9-10H,4-8H2,1-3H3,(H,17,19). The van der Waals surface area contributed by atoms with Gasteiger partial charge in [-0.2, -0.15) is 5.10 Å². The van der Waals surface area contributed by atoms with Crippen LogP contribution in [0.15, 0.2) is 6.20 Å². The van der Waals surface area contributed by atoms with E-state index in [1.165, 1.54) is 5.01 Å². The SMILES string of the molecule is CCCCn1c(-c2cnc(C(CC)CC)s2)n[nH]c1=S. The monoisotopic (exact) mass is 310 g/mol. The number of aromatic nitrogens is 4. The molecule has 0 aliphatic carbocycles. The average Bonchev–Trinajstić information content (AvgIpc) is 3.05. The molecule has 2 heterocycles. The van der Waals surface area contributed by atoms with Gasteiger partial charge in [-0.15, -0.1) is 11.3 Å². The first kappa shape index (κ1) is 15.4. The lowest BCUT2D eigenvalue weighted by Gasteiger charge is -2.07. The van der Waals surface area contributed by atoms with Crippen LogP contribution in [0.4, 0.5) is 0 Å². The molecular formula is C14H22N4S2. The summed E-state index contributed by atoms with van der Waals surface area (Å²) in [6, 6.07) is 0.